The van der Waals surface area contributed by atoms with Crippen molar-refractivity contribution in [3.8, 4) is 5.75 Å². The van der Waals surface area contributed by atoms with Crippen molar-refractivity contribution in [2.24, 2.45) is 0 Å². The number of hydrogen-bond donors (Lipinski definition) is 1. The molecule has 1 aliphatic carbocycles. The smallest absolute Gasteiger partial charge is 0.195 e. The Bertz CT molecular complexity index is 1160. The van der Waals surface area contributed by atoms with Gasteiger partial charge < -0.3 is 15.2 Å². The van der Waals surface area contributed by atoms with Gasteiger partial charge in [0.15, 0.2) is 5.78 Å². The quantitative estimate of drug-likeness (QED) is 0.601. The topological polar surface area (TPSA) is 64.8 Å². The maximum absolute atomic E-state index is 13.6. The minimum Gasteiger partial charge on any atom is -0.492 e. The van der Waals surface area contributed by atoms with Gasteiger partial charge in [0.25, 0.3) is 0 Å². The van der Waals surface area contributed by atoms with E-state index in [1.807, 2.05) is 72.8 Å². The summed E-state index contributed by atoms with van der Waals surface area (Å²) in [6.07, 6.45) is 0. The van der Waals surface area contributed by atoms with Gasteiger partial charge in [0.05, 0.1) is 13.2 Å². The van der Waals surface area contributed by atoms with Crippen molar-refractivity contribution < 1.29 is 14.3 Å². The monoisotopic (exact) mass is 426 g/mol. The van der Waals surface area contributed by atoms with Crippen molar-refractivity contribution >= 4 is 22.6 Å². The fourth-order valence-electron chi connectivity index (χ4n) is 4.39. The molecule has 0 aromatic heterocycles. The van der Waals surface area contributed by atoms with E-state index in [-0.39, 0.29) is 5.78 Å². The summed E-state index contributed by atoms with van der Waals surface area (Å²) in [6, 6.07) is 23.4. The predicted octanol–water partition coefficient (Wildman–Crippen LogP) is 4.14. The minimum absolute atomic E-state index is 0.00285. The molecule has 0 saturated carbocycles. The summed E-state index contributed by atoms with van der Waals surface area (Å²) < 4.78 is 11.4. The number of hydrogen-bond acceptors (Lipinski definition) is 5. The zero-order valence-electron chi connectivity index (χ0n) is 17.9. The van der Waals surface area contributed by atoms with Crippen molar-refractivity contribution in [2.75, 3.05) is 45.2 Å². The molecular weight excluding hydrogens is 400 g/mol. The lowest BCUT2D eigenvalue weighted by Crippen LogP contribution is -2.38. The van der Waals surface area contributed by atoms with Gasteiger partial charge in [-0.2, -0.15) is 0 Å². The molecule has 0 radical (unpaired) electrons. The van der Waals surface area contributed by atoms with Crippen molar-refractivity contribution in [2.45, 2.75) is 0 Å². The van der Waals surface area contributed by atoms with Crippen LogP contribution in [-0.2, 0) is 4.74 Å². The standard InChI is InChI=1S/C27H26N2O3/c28-21-8-4-7-20(17-21)26-25(19-5-2-1-3-6-19)23-10-9-22(18-24(23)27(26)30)32-16-13-29-11-14-31-15-12-29/h1-10,17-18H,11-16,28H2. The summed E-state index contributed by atoms with van der Waals surface area (Å²) in [5, 5.41) is 0. The molecule has 1 aliphatic heterocycles. The normalized spacial score (nSPS) is 16.3. The zero-order chi connectivity index (χ0) is 21.9. The number of Topliss-reactive ketones (excluding diaryl/α,β-unsaturated/α-hetero) is 1. The van der Waals surface area contributed by atoms with Gasteiger partial charge in [0.1, 0.15) is 12.4 Å². The highest BCUT2D eigenvalue weighted by Crippen LogP contribution is 2.43. The summed E-state index contributed by atoms with van der Waals surface area (Å²) in [6.45, 7) is 4.83. The number of anilines is 1. The average Bonchev–Trinajstić information content (AvgIpc) is 3.12. The number of fused-ring (bicyclic) bond motifs is 1. The third-order valence-corrected chi connectivity index (χ3v) is 6.00. The Morgan fingerprint density at radius 1 is 0.844 bits per heavy atom. The molecule has 162 valence electrons. The Hall–Kier alpha value is -3.41. The summed E-state index contributed by atoms with van der Waals surface area (Å²) in [5.41, 5.74) is 11.7. The highest BCUT2D eigenvalue weighted by Gasteiger charge is 2.31. The Morgan fingerprint density at radius 3 is 2.41 bits per heavy atom. The molecule has 0 unspecified atom stereocenters. The maximum Gasteiger partial charge on any atom is 0.195 e. The molecule has 2 aliphatic rings. The number of nitrogens with zero attached hydrogens (tertiary/aromatic N) is 1. The molecule has 5 nitrogen and oxygen atoms in total. The first-order valence-corrected chi connectivity index (χ1v) is 11.0. The highest BCUT2D eigenvalue weighted by molar-refractivity contribution is 6.41. The fraction of sp³-hybridized carbons (Fsp3) is 0.222. The lowest BCUT2D eigenvalue weighted by atomic mass is 9.94. The molecule has 1 heterocycles. The van der Waals surface area contributed by atoms with Crippen molar-refractivity contribution in [3.63, 3.8) is 0 Å². The van der Waals surface area contributed by atoms with Crippen LogP contribution in [0.4, 0.5) is 5.69 Å². The molecule has 32 heavy (non-hydrogen) atoms. The number of benzene rings is 3. The Labute approximate surface area is 188 Å². The molecule has 1 fully saturated rings. The van der Waals surface area contributed by atoms with E-state index in [9.17, 15) is 4.79 Å². The Morgan fingerprint density at radius 2 is 1.62 bits per heavy atom. The van der Waals surface area contributed by atoms with Gasteiger partial charge in [-0.05, 0) is 47.0 Å². The lowest BCUT2D eigenvalue weighted by molar-refractivity contribution is 0.0322. The van der Waals surface area contributed by atoms with Crippen LogP contribution in [0, 0.1) is 0 Å². The van der Waals surface area contributed by atoms with E-state index >= 15 is 0 Å². The molecule has 3 aromatic carbocycles. The summed E-state index contributed by atoms with van der Waals surface area (Å²) in [7, 11) is 0. The molecule has 0 spiro atoms. The van der Waals surface area contributed by atoms with Crippen LogP contribution >= 0.6 is 0 Å². The molecule has 0 atom stereocenters. The van der Waals surface area contributed by atoms with Gasteiger partial charge >= 0.3 is 0 Å². The highest BCUT2D eigenvalue weighted by atomic mass is 16.5. The number of rotatable bonds is 6. The first-order valence-electron chi connectivity index (χ1n) is 11.0. The minimum atomic E-state index is 0.00285. The van der Waals surface area contributed by atoms with E-state index in [4.69, 9.17) is 15.2 Å². The van der Waals surface area contributed by atoms with Gasteiger partial charge in [-0.1, -0.05) is 42.5 Å². The number of ketones is 1. The van der Waals surface area contributed by atoms with Crippen LogP contribution in [0.5, 0.6) is 5.75 Å². The number of nitrogen functional groups attached to an aromatic ring is 1. The number of nitrogens with two attached hydrogens (primary N) is 1. The molecule has 0 amide bonds. The Kier molecular flexibility index (Phi) is 5.75. The number of allylic oxidation sites excluding steroid dienone is 1. The number of carbonyl (C=O) groups is 1. The van der Waals surface area contributed by atoms with E-state index in [2.05, 4.69) is 4.90 Å². The second-order valence-electron chi connectivity index (χ2n) is 8.08. The molecule has 5 rings (SSSR count). The van der Waals surface area contributed by atoms with Crippen molar-refractivity contribution in [1.29, 1.82) is 0 Å². The van der Waals surface area contributed by atoms with Crippen molar-refractivity contribution in [1.82, 2.24) is 4.90 Å². The third kappa shape index (κ3) is 4.05. The van der Waals surface area contributed by atoms with Crippen molar-refractivity contribution in [3.05, 3.63) is 95.1 Å². The van der Waals surface area contributed by atoms with E-state index in [0.29, 0.717) is 29.2 Å². The second kappa shape index (κ2) is 8.99. The average molecular weight is 427 g/mol. The van der Waals surface area contributed by atoms with Gasteiger partial charge in [0.2, 0.25) is 0 Å². The third-order valence-electron chi connectivity index (χ3n) is 6.00. The maximum atomic E-state index is 13.6. The van der Waals surface area contributed by atoms with Gasteiger partial charge in [-0.15, -0.1) is 0 Å². The Balaban J connectivity index is 1.46. The molecule has 5 heteroatoms. The molecule has 1 saturated heterocycles. The van der Waals surface area contributed by atoms with Crippen LogP contribution in [0.2, 0.25) is 0 Å². The lowest BCUT2D eigenvalue weighted by Gasteiger charge is -2.26. The number of ether oxygens (including phenoxy) is 2. The number of carbonyl (C=O) groups excluding carboxylic acids is 1. The van der Waals surface area contributed by atoms with Gasteiger partial charge in [-0.3, -0.25) is 9.69 Å². The predicted molar refractivity (Wildman–Crippen MR) is 127 cm³/mol. The summed E-state index contributed by atoms with van der Waals surface area (Å²) >= 11 is 0. The van der Waals surface area contributed by atoms with Crippen LogP contribution < -0.4 is 10.5 Å². The van der Waals surface area contributed by atoms with E-state index in [1.54, 1.807) is 0 Å². The first kappa shape index (κ1) is 20.5. The van der Waals surface area contributed by atoms with Gasteiger partial charge in [0, 0.05) is 42.0 Å². The first-order chi connectivity index (χ1) is 15.7. The molecule has 3 aromatic rings. The van der Waals surface area contributed by atoms with Crippen LogP contribution in [0.1, 0.15) is 27.0 Å². The SMILES string of the molecule is Nc1cccc(C2=C(c3ccccc3)c3ccc(OCCN4CCOCC4)cc3C2=O)c1. The van der Waals surface area contributed by atoms with Crippen LogP contribution in [0.3, 0.4) is 0 Å². The largest absolute Gasteiger partial charge is 0.492 e. The summed E-state index contributed by atoms with van der Waals surface area (Å²) in [5.74, 6) is 0.717. The van der Waals surface area contributed by atoms with Crippen LogP contribution in [0.25, 0.3) is 11.1 Å². The van der Waals surface area contributed by atoms with Crippen LogP contribution in [-0.4, -0.2) is 50.1 Å². The summed E-state index contributed by atoms with van der Waals surface area (Å²) in [4.78, 5) is 15.9. The molecule has 0 bridgehead atoms. The van der Waals surface area contributed by atoms with Gasteiger partial charge in [-0.25, -0.2) is 0 Å². The number of morpholine rings is 1. The van der Waals surface area contributed by atoms with E-state index in [0.717, 1.165) is 55.1 Å². The second-order valence-corrected chi connectivity index (χ2v) is 8.08. The van der Waals surface area contributed by atoms with E-state index in [1.165, 1.54) is 0 Å². The fourth-order valence-corrected chi connectivity index (χ4v) is 4.39. The zero-order valence-corrected chi connectivity index (χ0v) is 17.9. The molecular formula is C27H26N2O3. The molecule has 2 N–H and O–H groups in total. The van der Waals surface area contributed by atoms with Crippen LogP contribution in [0.15, 0.2) is 72.8 Å². The van der Waals surface area contributed by atoms with E-state index < -0.39 is 0 Å².